The smallest absolute Gasteiger partial charge is 0.0471 e. The number of hydrogen-bond acceptors (Lipinski definition) is 2. The van der Waals surface area contributed by atoms with Gasteiger partial charge in [0.2, 0.25) is 0 Å². The van der Waals surface area contributed by atoms with E-state index in [1.54, 1.807) is 0 Å². The molecule has 29 heavy (non-hydrogen) atoms. The van der Waals surface area contributed by atoms with Crippen molar-refractivity contribution in [3.05, 3.63) is 71.8 Å². The third-order valence-corrected chi connectivity index (χ3v) is 6.20. The van der Waals surface area contributed by atoms with Crippen LogP contribution in [0.5, 0.6) is 0 Å². The summed E-state index contributed by atoms with van der Waals surface area (Å²) >= 11 is 0. The number of hydrogen-bond donors (Lipinski definition) is 1. The molecule has 2 aromatic carbocycles. The van der Waals surface area contributed by atoms with Gasteiger partial charge in [-0.05, 0) is 36.3 Å². The van der Waals surface area contributed by atoms with E-state index in [1.165, 1.54) is 49.7 Å². The molecule has 0 spiro atoms. The molecule has 1 N–H and O–H groups in total. The number of aliphatic hydroxyl groups excluding tert-OH is 1. The Bertz CT molecular complexity index is 646. The highest BCUT2D eigenvalue weighted by molar-refractivity contribution is 7.59. The number of aliphatic hydroxyl groups is 1. The van der Waals surface area contributed by atoms with Crippen molar-refractivity contribution in [2.24, 2.45) is 11.8 Å². The summed E-state index contributed by atoms with van der Waals surface area (Å²) < 4.78 is 0. The van der Waals surface area contributed by atoms with Gasteiger partial charge >= 0.3 is 0 Å². The van der Waals surface area contributed by atoms with Crippen LogP contribution in [0.25, 0.3) is 0 Å². The normalized spacial score (nSPS) is 16.5. The molecule has 0 saturated heterocycles. The monoisotopic (exact) mass is 433 g/mol. The van der Waals surface area contributed by atoms with Crippen molar-refractivity contribution in [2.45, 2.75) is 58.0 Å². The van der Waals surface area contributed by atoms with Gasteiger partial charge in [0.15, 0.2) is 0 Å². The minimum Gasteiger partial charge on any atom is -0.396 e. The molecule has 0 aromatic heterocycles. The van der Waals surface area contributed by atoms with Crippen molar-refractivity contribution in [3.8, 4) is 0 Å². The SMILES string of the molecule is C[C@@H](c1ccccc1)N(Cc1ccccc1)C[C@@H](CO)CC1CCCCC1.S.S. The van der Waals surface area contributed by atoms with E-state index in [0.29, 0.717) is 18.6 Å². The van der Waals surface area contributed by atoms with Crippen LogP contribution in [-0.2, 0) is 6.54 Å². The zero-order valence-electron chi connectivity index (χ0n) is 17.8. The fraction of sp³-hybridized carbons (Fsp3) is 0.520. The Balaban J connectivity index is 0.00000210. The predicted molar refractivity (Wildman–Crippen MR) is 134 cm³/mol. The lowest BCUT2D eigenvalue weighted by atomic mass is 9.82. The van der Waals surface area contributed by atoms with E-state index in [0.717, 1.165) is 19.0 Å². The molecule has 0 heterocycles. The minimum atomic E-state index is 0. The second kappa shape index (κ2) is 14.1. The first-order valence-corrected chi connectivity index (χ1v) is 10.7. The van der Waals surface area contributed by atoms with Crippen LogP contribution >= 0.6 is 27.0 Å². The van der Waals surface area contributed by atoms with Gasteiger partial charge in [0.05, 0.1) is 0 Å². The second-order valence-corrected chi connectivity index (χ2v) is 8.29. The van der Waals surface area contributed by atoms with Crippen molar-refractivity contribution in [3.63, 3.8) is 0 Å². The van der Waals surface area contributed by atoms with E-state index in [2.05, 4.69) is 72.5 Å². The molecule has 4 heteroatoms. The lowest BCUT2D eigenvalue weighted by molar-refractivity contribution is 0.108. The van der Waals surface area contributed by atoms with E-state index in [9.17, 15) is 5.11 Å². The summed E-state index contributed by atoms with van der Waals surface area (Å²) in [5.41, 5.74) is 2.69. The number of rotatable bonds is 9. The summed E-state index contributed by atoms with van der Waals surface area (Å²) in [5, 5.41) is 10.1. The lowest BCUT2D eigenvalue weighted by Crippen LogP contribution is -2.34. The fourth-order valence-electron chi connectivity index (χ4n) is 4.55. The Hall–Kier alpha value is -0.940. The molecule has 162 valence electrons. The summed E-state index contributed by atoms with van der Waals surface area (Å²) in [6.45, 7) is 4.48. The average molecular weight is 434 g/mol. The van der Waals surface area contributed by atoms with Gasteiger partial charge in [-0.3, -0.25) is 4.90 Å². The fourth-order valence-corrected chi connectivity index (χ4v) is 4.55. The molecular weight excluding hydrogens is 394 g/mol. The van der Waals surface area contributed by atoms with Crippen molar-refractivity contribution < 1.29 is 5.11 Å². The summed E-state index contributed by atoms with van der Waals surface area (Å²) in [6.07, 6.45) is 8.01. The molecule has 0 radical (unpaired) electrons. The molecule has 0 unspecified atom stereocenters. The Morgan fingerprint density at radius 3 is 2.07 bits per heavy atom. The van der Waals surface area contributed by atoms with Crippen LogP contribution in [0.4, 0.5) is 0 Å². The maximum atomic E-state index is 10.1. The molecule has 2 aromatic rings. The van der Waals surface area contributed by atoms with Crippen molar-refractivity contribution >= 4 is 27.0 Å². The first-order chi connectivity index (χ1) is 13.3. The molecule has 2 nitrogen and oxygen atoms in total. The van der Waals surface area contributed by atoms with Crippen LogP contribution in [0.3, 0.4) is 0 Å². The molecule has 3 rings (SSSR count). The van der Waals surface area contributed by atoms with Gasteiger partial charge in [-0.1, -0.05) is 92.8 Å². The molecule has 2 atom stereocenters. The van der Waals surface area contributed by atoms with Crippen molar-refractivity contribution in [1.29, 1.82) is 0 Å². The average Bonchev–Trinajstić information content (AvgIpc) is 2.74. The third kappa shape index (κ3) is 8.37. The van der Waals surface area contributed by atoms with E-state index in [4.69, 9.17) is 0 Å². The van der Waals surface area contributed by atoms with Crippen LogP contribution in [0.2, 0.25) is 0 Å². The molecule has 1 saturated carbocycles. The Morgan fingerprint density at radius 2 is 1.48 bits per heavy atom. The van der Waals surface area contributed by atoms with Crippen LogP contribution in [0.15, 0.2) is 60.7 Å². The Labute approximate surface area is 191 Å². The largest absolute Gasteiger partial charge is 0.396 e. The molecular formula is C25H39NOS2. The van der Waals surface area contributed by atoms with E-state index >= 15 is 0 Å². The zero-order chi connectivity index (χ0) is 18.9. The Kier molecular flexibility index (Phi) is 12.7. The molecule has 0 amide bonds. The summed E-state index contributed by atoms with van der Waals surface area (Å²) in [6, 6.07) is 21.8. The molecule has 0 aliphatic heterocycles. The molecule has 0 bridgehead atoms. The minimum absolute atomic E-state index is 0. The first-order valence-electron chi connectivity index (χ1n) is 10.7. The zero-order valence-corrected chi connectivity index (χ0v) is 19.8. The van der Waals surface area contributed by atoms with Crippen LogP contribution in [0, 0.1) is 11.8 Å². The van der Waals surface area contributed by atoms with E-state index < -0.39 is 0 Å². The highest BCUT2D eigenvalue weighted by Gasteiger charge is 2.23. The summed E-state index contributed by atoms with van der Waals surface area (Å²) in [4.78, 5) is 2.55. The van der Waals surface area contributed by atoms with Crippen molar-refractivity contribution in [2.75, 3.05) is 13.2 Å². The standard InChI is InChI=1S/C25H35NO.2H2S/c1-21(25-15-9-4-10-16-25)26(18-23-13-7-3-8-14-23)19-24(20-27)17-22-11-5-2-6-12-22;;/h3-4,7-10,13-16,21-22,24,27H,2,5-6,11-12,17-20H2,1H3;2*1H2/t21-,24-;;/m0../s1. The maximum absolute atomic E-state index is 10.1. The highest BCUT2D eigenvalue weighted by Crippen LogP contribution is 2.31. The molecule has 1 fully saturated rings. The van der Waals surface area contributed by atoms with Gasteiger partial charge < -0.3 is 5.11 Å². The highest BCUT2D eigenvalue weighted by atomic mass is 32.1. The Morgan fingerprint density at radius 1 is 0.897 bits per heavy atom. The number of benzene rings is 2. The van der Waals surface area contributed by atoms with Crippen molar-refractivity contribution in [1.82, 2.24) is 4.90 Å². The van der Waals surface area contributed by atoms with Crippen LogP contribution < -0.4 is 0 Å². The van der Waals surface area contributed by atoms with Gasteiger partial charge in [0.25, 0.3) is 0 Å². The summed E-state index contributed by atoms with van der Waals surface area (Å²) in [5.74, 6) is 1.17. The van der Waals surface area contributed by atoms with Gasteiger partial charge in [-0.15, -0.1) is 0 Å². The van der Waals surface area contributed by atoms with Gasteiger partial charge in [0.1, 0.15) is 0 Å². The van der Waals surface area contributed by atoms with E-state index in [1.807, 2.05) is 0 Å². The molecule has 1 aliphatic rings. The topological polar surface area (TPSA) is 23.5 Å². The predicted octanol–water partition coefficient (Wildman–Crippen LogP) is 6.05. The van der Waals surface area contributed by atoms with Crippen LogP contribution in [0.1, 0.15) is 62.6 Å². The van der Waals surface area contributed by atoms with E-state index in [-0.39, 0.29) is 27.0 Å². The van der Waals surface area contributed by atoms with Gasteiger partial charge in [-0.2, -0.15) is 27.0 Å². The van der Waals surface area contributed by atoms with Gasteiger partial charge in [0, 0.05) is 25.7 Å². The second-order valence-electron chi connectivity index (χ2n) is 8.29. The number of nitrogens with zero attached hydrogens (tertiary/aromatic N) is 1. The quantitative estimate of drug-likeness (QED) is 0.520. The molecule has 1 aliphatic carbocycles. The first kappa shape index (κ1) is 26.1. The summed E-state index contributed by atoms with van der Waals surface area (Å²) in [7, 11) is 0. The van der Waals surface area contributed by atoms with Crippen LogP contribution in [-0.4, -0.2) is 23.2 Å². The lowest BCUT2D eigenvalue weighted by Gasteiger charge is -2.34. The maximum Gasteiger partial charge on any atom is 0.0471 e. The van der Waals surface area contributed by atoms with Gasteiger partial charge in [-0.25, -0.2) is 0 Å². The third-order valence-electron chi connectivity index (χ3n) is 6.20.